The Kier molecular flexibility index (Phi) is 7.97. The Hall–Kier alpha value is -0.580. The molecule has 0 saturated carbocycles. The maximum absolute atomic E-state index is 11.4. The summed E-state index contributed by atoms with van der Waals surface area (Å²) < 4.78 is 24.3. The molecule has 0 amide bonds. The van der Waals surface area contributed by atoms with Crippen LogP contribution in [0.25, 0.3) is 0 Å². The van der Waals surface area contributed by atoms with Gasteiger partial charge in [-0.25, -0.2) is 4.57 Å². The molecule has 0 aliphatic rings. The maximum atomic E-state index is 11.4. The number of aromatic nitrogens is 1. The molecule has 140 valence electrons. The van der Waals surface area contributed by atoms with Crippen LogP contribution in [0.2, 0.25) is 0 Å². The first-order chi connectivity index (χ1) is 11.4. The third kappa shape index (κ3) is 6.26. The molecule has 25 heavy (non-hydrogen) atoms. The highest BCUT2D eigenvalue weighted by atomic mass is 31.2. The second kappa shape index (κ2) is 8.88. The zero-order chi connectivity index (χ0) is 19.3. The summed E-state index contributed by atoms with van der Waals surface area (Å²) >= 11 is 0. The van der Waals surface area contributed by atoms with E-state index in [2.05, 4.69) is 10.4 Å². The van der Waals surface area contributed by atoms with Crippen LogP contribution in [-0.2, 0) is 22.1 Å². The molecular weight excluding hydrogens is 374 g/mol. The van der Waals surface area contributed by atoms with Crippen LogP contribution in [0.5, 0.6) is 0 Å². The largest absolute Gasteiger partial charge is 0.393 e. The smallest absolute Gasteiger partial charge is 0.369 e. The van der Waals surface area contributed by atoms with Crippen LogP contribution in [0.15, 0.2) is 24.5 Å². The normalized spacial score (nSPS) is 14.3. The van der Waals surface area contributed by atoms with Crippen LogP contribution < -0.4 is 14.9 Å². The van der Waals surface area contributed by atoms with Gasteiger partial charge in [0, 0.05) is 24.6 Å². The van der Waals surface area contributed by atoms with Gasteiger partial charge in [-0.3, -0.25) is 9.13 Å². The first kappa shape index (κ1) is 22.5. The van der Waals surface area contributed by atoms with E-state index in [1.54, 1.807) is 14.2 Å². The van der Waals surface area contributed by atoms with Crippen molar-refractivity contribution in [2.75, 3.05) is 6.54 Å². The van der Waals surface area contributed by atoms with E-state index in [1.807, 2.05) is 0 Å². The van der Waals surface area contributed by atoms with Gasteiger partial charge in [-0.05, 0) is 6.07 Å². The zero-order valence-corrected chi connectivity index (χ0v) is 15.3. The maximum Gasteiger partial charge on any atom is 0.369 e. The van der Waals surface area contributed by atoms with Gasteiger partial charge in [0.1, 0.15) is 6.10 Å². The summed E-state index contributed by atoms with van der Waals surface area (Å²) in [7, 11) is -8.80. The van der Waals surface area contributed by atoms with Crippen LogP contribution in [0.1, 0.15) is 5.56 Å². The molecule has 1 rings (SSSR count). The van der Waals surface area contributed by atoms with Crippen LogP contribution in [0.3, 0.4) is 0 Å². The van der Waals surface area contributed by atoms with Crippen molar-refractivity contribution in [1.82, 2.24) is 10.4 Å². The summed E-state index contributed by atoms with van der Waals surface area (Å²) in [6, 6.07) is 2.83. The van der Waals surface area contributed by atoms with Gasteiger partial charge < -0.3 is 40.2 Å². The van der Waals surface area contributed by atoms with Gasteiger partial charge in [-0.2, -0.15) is 0 Å². The Morgan fingerprint density at radius 3 is 2.40 bits per heavy atom. The molecule has 1 atom stereocenters. The number of hydrogen-bond donors (Lipinski definition) is 8. The number of nitrogens with one attached hydrogen (secondary N) is 2. The van der Waals surface area contributed by atoms with Crippen molar-refractivity contribution in [1.29, 1.82) is 0 Å². The van der Waals surface area contributed by atoms with E-state index in [9.17, 15) is 38.9 Å². The fraction of sp³-hybridized carbons (Fsp3) is 0.500. The van der Waals surface area contributed by atoms with E-state index in [0.717, 1.165) is 0 Å². The van der Waals surface area contributed by atoms with Gasteiger partial charge in [0.25, 0.3) is 12.6 Å². The molecule has 0 aromatic carbocycles. The SMILES string of the molecule is BNBNCC(O)C[n+]1cccc(CC(O)(P(=O)(O)O)P(=O)(O)O)c1. The lowest BCUT2D eigenvalue weighted by molar-refractivity contribution is -0.703. The molecule has 0 radical (unpaired) electrons. The molecule has 11 nitrogen and oxygen atoms in total. The quantitative estimate of drug-likeness (QED) is 0.0837. The summed E-state index contributed by atoms with van der Waals surface area (Å²) in [6.07, 6.45) is 1.20. The van der Waals surface area contributed by atoms with E-state index in [1.165, 1.54) is 22.9 Å². The Balaban J connectivity index is 2.93. The number of pyridine rings is 1. The lowest BCUT2D eigenvalue weighted by Crippen LogP contribution is -2.45. The monoisotopic (exact) mass is 396 g/mol. The highest BCUT2D eigenvalue weighted by Crippen LogP contribution is 2.68. The molecule has 0 aliphatic heterocycles. The molecule has 0 saturated heterocycles. The standard InChI is InChI=1S/C10H21B2N3O8P2/c11-14-12-13-5-9(16)7-15-3-1-2-8(6-15)4-10(17,24(18,19)20)25(21,22)23/h1-3,6,9,12-14,16-17H,4-5,7,11H2,(H3-,18,19,20,21,22,23)/p+1. The number of nitrogens with zero attached hydrogens (tertiary/aromatic N) is 1. The fourth-order valence-electron chi connectivity index (χ4n) is 2.12. The van der Waals surface area contributed by atoms with Gasteiger partial charge in [0.05, 0.1) is 0 Å². The average Bonchev–Trinajstić information content (AvgIpc) is 2.45. The molecule has 1 heterocycles. The van der Waals surface area contributed by atoms with E-state index >= 15 is 0 Å². The third-order valence-corrected chi connectivity index (χ3v) is 7.14. The van der Waals surface area contributed by atoms with Gasteiger partial charge in [-0.1, -0.05) is 0 Å². The Morgan fingerprint density at radius 1 is 1.28 bits per heavy atom. The molecule has 0 bridgehead atoms. The van der Waals surface area contributed by atoms with Crippen LogP contribution in [0, 0.1) is 0 Å². The van der Waals surface area contributed by atoms with Crippen molar-refractivity contribution in [3.8, 4) is 0 Å². The second-order valence-corrected chi connectivity index (χ2v) is 9.60. The van der Waals surface area contributed by atoms with Gasteiger partial charge >= 0.3 is 15.2 Å². The molecular formula is C10H22B2N3O8P2+. The summed E-state index contributed by atoms with van der Waals surface area (Å²) in [4.78, 5) is 36.7. The number of aliphatic hydroxyl groups excluding tert-OH is 1. The molecule has 8 N–H and O–H groups in total. The first-order valence-electron chi connectivity index (χ1n) is 7.26. The highest BCUT2D eigenvalue weighted by molar-refractivity contribution is 7.72. The Labute approximate surface area is 146 Å². The summed E-state index contributed by atoms with van der Waals surface area (Å²) in [5, 5.41) is 22.1. The lowest BCUT2D eigenvalue weighted by atomic mass is 10.1. The van der Waals surface area contributed by atoms with Crippen molar-refractivity contribution < 1.29 is 43.5 Å². The summed E-state index contributed by atoms with van der Waals surface area (Å²) in [5.41, 5.74) is 0.0898. The topological polar surface area (TPSA) is 183 Å². The second-order valence-electron chi connectivity index (χ2n) is 5.59. The Morgan fingerprint density at radius 2 is 1.88 bits per heavy atom. The van der Waals surface area contributed by atoms with E-state index in [-0.39, 0.29) is 18.7 Å². The molecule has 15 heteroatoms. The minimum absolute atomic E-state index is 0.0898. The lowest BCUT2D eigenvalue weighted by Gasteiger charge is -2.28. The summed E-state index contributed by atoms with van der Waals surface area (Å²) in [6.45, 7) is 0.418. The van der Waals surface area contributed by atoms with Crippen LogP contribution >= 0.6 is 15.2 Å². The molecule has 1 aromatic heterocycles. The van der Waals surface area contributed by atoms with Crippen LogP contribution in [-0.4, -0.2) is 63.0 Å². The minimum Gasteiger partial charge on any atom is -0.393 e. The van der Waals surface area contributed by atoms with E-state index in [4.69, 9.17) is 0 Å². The van der Waals surface area contributed by atoms with Crippen molar-refractivity contribution in [2.45, 2.75) is 24.2 Å². The third-order valence-electron chi connectivity index (χ3n) is 3.40. The fourth-order valence-corrected chi connectivity index (χ4v) is 4.25. The van der Waals surface area contributed by atoms with Crippen molar-refractivity contribution in [3.05, 3.63) is 30.1 Å². The highest BCUT2D eigenvalue weighted by Gasteiger charge is 2.59. The van der Waals surface area contributed by atoms with Gasteiger partial charge in [-0.15, -0.1) is 0 Å². The van der Waals surface area contributed by atoms with Crippen LogP contribution in [0.4, 0.5) is 0 Å². The molecule has 0 aliphatic carbocycles. The predicted octanol–water partition coefficient (Wildman–Crippen LogP) is -4.13. The molecule has 0 spiro atoms. The molecule has 0 fully saturated rings. The number of aliphatic hydroxyl groups is 2. The van der Waals surface area contributed by atoms with E-state index < -0.39 is 32.8 Å². The molecule has 1 unspecified atom stereocenters. The predicted molar refractivity (Wildman–Crippen MR) is 92.2 cm³/mol. The minimum atomic E-state index is -5.52. The number of rotatable bonds is 10. The number of hydrogen-bond acceptors (Lipinski definition) is 6. The summed E-state index contributed by atoms with van der Waals surface area (Å²) in [5.74, 6) is 0. The van der Waals surface area contributed by atoms with Gasteiger partial charge in [0.15, 0.2) is 26.9 Å². The van der Waals surface area contributed by atoms with Crippen molar-refractivity contribution >= 4 is 30.7 Å². The first-order valence-corrected chi connectivity index (χ1v) is 10.5. The Bertz CT molecular complexity index is 647. The molecule has 1 aromatic rings. The average molecular weight is 396 g/mol. The van der Waals surface area contributed by atoms with Crippen molar-refractivity contribution in [3.63, 3.8) is 0 Å². The van der Waals surface area contributed by atoms with E-state index in [0.29, 0.717) is 7.55 Å². The zero-order valence-electron chi connectivity index (χ0n) is 13.6. The van der Waals surface area contributed by atoms with Gasteiger partial charge in [0.2, 0.25) is 0 Å². The van der Waals surface area contributed by atoms with Crippen molar-refractivity contribution in [2.24, 2.45) is 0 Å².